The summed E-state index contributed by atoms with van der Waals surface area (Å²) in [4.78, 5) is 12.0. The van der Waals surface area contributed by atoms with Gasteiger partial charge in [0.05, 0.1) is 18.8 Å². The Morgan fingerprint density at radius 3 is 2.44 bits per heavy atom. The maximum Gasteiger partial charge on any atom is 0.407 e. The summed E-state index contributed by atoms with van der Waals surface area (Å²) in [5.74, 6) is 2.94. The van der Waals surface area contributed by atoms with Gasteiger partial charge in [0.25, 0.3) is 0 Å². The number of nitrogens with one attached hydrogen (secondary N) is 1. The van der Waals surface area contributed by atoms with Gasteiger partial charge in [-0.2, -0.15) is 0 Å². The summed E-state index contributed by atoms with van der Waals surface area (Å²) in [6.45, 7) is 8.51. The molecule has 0 aromatic heterocycles. The summed E-state index contributed by atoms with van der Waals surface area (Å²) in [5, 5.41) is 33.9. The van der Waals surface area contributed by atoms with Crippen LogP contribution < -0.4 is 5.32 Å². The predicted molar refractivity (Wildman–Crippen MR) is 141 cm³/mol. The summed E-state index contributed by atoms with van der Waals surface area (Å²) >= 11 is 0. The Balaban J connectivity index is 1.32. The first-order chi connectivity index (χ1) is 17.3. The molecule has 208 valence electrons. The van der Waals surface area contributed by atoms with E-state index >= 15 is 0 Å². The molecule has 1 amide bonds. The van der Waals surface area contributed by atoms with E-state index in [4.69, 9.17) is 9.84 Å². The van der Waals surface area contributed by atoms with Gasteiger partial charge in [-0.15, -0.1) is 0 Å². The van der Waals surface area contributed by atoms with Gasteiger partial charge >= 0.3 is 6.09 Å². The van der Waals surface area contributed by atoms with Crippen molar-refractivity contribution in [3.05, 3.63) is 0 Å². The lowest BCUT2D eigenvalue weighted by molar-refractivity contribution is -0.202. The van der Waals surface area contributed by atoms with Crippen LogP contribution in [0.25, 0.3) is 0 Å². The summed E-state index contributed by atoms with van der Waals surface area (Å²) in [5.41, 5.74) is 0.523. The second-order valence-electron chi connectivity index (χ2n) is 13.2. The van der Waals surface area contributed by atoms with Gasteiger partial charge in [-0.1, -0.05) is 27.2 Å². The summed E-state index contributed by atoms with van der Waals surface area (Å²) < 4.78 is 5.43. The van der Waals surface area contributed by atoms with Crippen LogP contribution in [-0.2, 0) is 4.74 Å². The van der Waals surface area contributed by atoms with Crippen molar-refractivity contribution in [3.63, 3.8) is 0 Å². The quantitative estimate of drug-likeness (QED) is 0.302. The first-order valence-electron chi connectivity index (χ1n) is 15.1. The van der Waals surface area contributed by atoms with Gasteiger partial charge in [-0.25, -0.2) is 4.79 Å². The molecule has 4 N–H and O–H groups in total. The maximum absolute atomic E-state index is 12.0. The van der Waals surface area contributed by atoms with Crippen LogP contribution >= 0.6 is 0 Å². The minimum absolute atomic E-state index is 0.193. The topological polar surface area (TPSA) is 99.0 Å². The van der Waals surface area contributed by atoms with Gasteiger partial charge in [0, 0.05) is 13.2 Å². The zero-order valence-corrected chi connectivity index (χ0v) is 23.1. The van der Waals surface area contributed by atoms with Crippen LogP contribution in [0.15, 0.2) is 0 Å². The van der Waals surface area contributed by atoms with Gasteiger partial charge in [-0.05, 0) is 123 Å². The van der Waals surface area contributed by atoms with Crippen LogP contribution in [0.1, 0.15) is 104 Å². The van der Waals surface area contributed by atoms with E-state index in [2.05, 4.69) is 26.1 Å². The van der Waals surface area contributed by atoms with Crippen molar-refractivity contribution < 1.29 is 24.9 Å². The average Bonchev–Trinajstić information content (AvgIpc) is 3.19. The molecule has 4 aliphatic rings. The third-order valence-electron chi connectivity index (χ3n) is 11.6. The number of carbonyl (C=O) groups excluding carboxylic acids is 1. The lowest BCUT2D eigenvalue weighted by Crippen LogP contribution is -2.62. The second-order valence-corrected chi connectivity index (χ2v) is 13.2. The van der Waals surface area contributed by atoms with E-state index in [0.29, 0.717) is 48.7 Å². The van der Waals surface area contributed by atoms with E-state index < -0.39 is 0 Å². The van der Waals surface area contributed by atoms with Crippen LogP contribution in [0.5, 0.6) is 0 Å². The van der Waals surface area contributed by atoms with E-state index in [9.17, 15) is 15.0 Å². The number of alkyl carbamates (subject to hydrolysis) is 1. The summed E-state index contributed by atoms with van der Waals surface area (Å²) in [6, 6.07) is 0. The molecule has 4 saturated carbocycles. The van der Waals surface area contributed by atoms with Gasteiger partial charge in [0.2, 0.25) is 0 Å². The zero-order chi connectivity index (χ0) is 25.9. The SMILES string of the molecule is CC[C@H]1[C@@H](O)[C@@H]2[C@H](CC[C@]3(C)[C@@H](CCCOC(=O)NCCCCCO)CC[C@@H]23)[C@@]2(C)CC[C@@H](O)C[C@@H]12. The smallest absolute Gasteiger partial charge is 0.407 e. The number of hydrogen-bond acceptors (Lipinski definition) is 5. The highest BCUT2D eigenvalue weighted by Crippen LogP contribution is 2.69. The fourth-order valence-corrected chi connectivity index (χ4v) is 9.69. The van der Waals surface area contributed by atoms with Crippen LogP contribution in [0.4, 0.5) is 4.79 Å². The summed E-state index contributed by atoms with van der Waals surface area (Å²) in [7, 11) is 0. The van der Waals surface area contributed by atoms with Crippen LogP contribution in [0, 0.1) is 46.3 Å². The van der Waals surface area contributed by atoms with Gasteiger partial charge in [-0.3, -0.25) is 0 Å². The molecule has 0 aliphatic heterocycles. The van der Waals surface area contributed by atoms with E-state index in [1.54, 1.807) is 0 Å². The van der Waals surface area contributed by atoms with Crippen molar-refractivity contribution >= 4 is 6.09 Å². The van der Waals surface area contributed by atoms with E-state index in [1.165, 1.54) is 25.7 Å². The molecule has 4 aliphatic carbocycles. The molecule has 4 rings (SSSR count). The molecular formula is C30H53NO5. The largest absolute Gasteiger partial charge is 0.450 e. The lowest BCUT2D eigenvalue weighted by atomic mass is 9.41. The zero-order valence-electron chi connectivity index (χ0n) is 23.1. The first kappa shape index (κ1) is 28.2. The van der Waals surface area contributed by atoms with Crippen LogP contribution in [0.3, 0.4) is 0 Å². The fraction of sp³-hybridized carbons (Fsp3) is 0.967. The molecule has 0 aromatic carbocycles. The number of hydrogen-bond donors (Lipinski definition) is 4. The number of amides is 1. The lowest BCUT2D eigenvalue weighted by Gasteiger charge is -2.64. The predicted octanol–water partition coefficient (Wildman–Crippen LogP) is 5.28. The second kappa shape index (κ2) is 11.9. The maximum atomic E-state index is 12.0. The Kier molecular flexibility index (Phi) is 9.31. The van der Waals surface area contributed by atoms with E-state index in [1.807, 2.05) is 0 Å². The third kappa shape index (κ3) is 5.33. The number of fused-ring (bicyclic) bond motifs is 5. The first-order valence-corrected chi connectivity index (χ1v) is 15.1. The van der Waals surface area contributed by atoms with E-state index in [-0.39, 0.29) is 35.7 Å². The molecule has 0 saturated heterocycles. The molecule has 0 heterocycles. The van der Waals surface area contributed by atoms with Crippen molar-refractivity contribution in [1.29, 1.82) is 0 Å². The van der Waals surface area contributed by atoms with Crippen molar-refractivity contribution in [2.75, 3.05) is 19.8 Å². The highest BCUT2D eigenvalue weighted by Gasteiger charge is 2.64. The monoisotopic (exact) mass is 507 g/mol. The Morgan fingerprint density at radius 2 is 1.69 bits per heavy atom. The number of rotatable bonds is 10. The average molecular weight is 508 g/mol. The Morgan fingerprint density at radius 1 is 0.944 bits per heavy atom. The number of aliphatic hydroxyl groups is 3. The van der Waals surface area contributed by atoms with Crippen molar-refractivity contribution in [1.82, 2.24) is 5.32 Å². The van der Waals surface area contributed by atoms with Gasteiger partial charge in [0.1, 0.15) is 0 Å². The number of ether oxygens (including phenoxy) is 1. The Bertz CT molecular complexity index is 732. The van der Waals surface area contributed by atoms with Crippen molar-refractivity contribution in [2.24, 2.45) is 46.3 Å². The summed E-state index contributed by atoms with van der Waals surface area (Å²) in [6.07, 6.45) is 12.6. The third-order valence-corrected chi connectivity index (χ3v) is 11.6. The molecule has 4 fully saturated rings. The molecule has 0 spiro atoms. The van der Waals surface area contributed by atoms with Crippen LogP contribution in [0.2, 0.25) is 0 Å². The number of unbranched alkanes of at least 4 members (excludes halogenated alkanes) is 2. The Labute approximate surface area is 219 Å². The molecule has 6 nitrogen and oxygen atoms in total. The molecule has 36 heavy (non-hydrogen) atoms. The minimum atomic E-state index is -0.327. The van der Waals surface area contributed by atoms with Gasteiger partial charge < -0.3 is 25.4 Å². The standard InChI is InChI=1S/C30H53NO5/c1-4-22-25-19-21(33)12-14-30(25,3)24-13-15-29(2)20(10-11-23(29)26(24)27(22)34)9-8-18-36-28(35)31-16-6-5-7-17-32/h20-27,32-34H,4-19H2,1-3H3,(H,31,35)/t20-,21+,22+,23-,24-,25-,26-,27+,29+,30+/m0/s1. The molecule has 0 bridgehead atoms. The highest BCUT2D eigenvalue weighted by molar-refractivity contribution is 5.66. The minimum Gasteiger partial charge on any atom is -0.450 e. The molecule has 0 radical (unpaired) electrons. The highest BCUT2D eigenvalue weighted by atomic mass is 16.5. The molecule has 0 unspecified atom stereocenters. The van der Waals surface area contributed by atoms with Crippen molar-refractivity contribution in [3.8, 4) is 0 Å². The molecule has 0 aromatic rings. The Hall–Kier alpha value is -0.850. The van der Waals surface area contributed by atoms with Crippen molar-refractivity contribution in [2.45, 2.75) is 116 Å². The molecule has 10 atom stereocenters. The normalized spacial score (nSPS) is 43.8. The van der Waals surface area contributed by atoms with Gasteiger partial charge in [0.15, 0.2) is 0 Å². The number of aliphatic hydroxyl groups excluding tert-OH is 3. The van der Waals surface area contributed by atoms with E-state index in [0.717, 1.165) is 57.8 Å². The number of carbonyl (C=O) groups is 1. The molecule has 6 heteroatoms. The van der Waals surface area contributed by atoms with Crippen LogP contribution in [-0.4, -0.2) is 53.4 Å². The molecular weight excluding hydrogens is 454 g/mol. The fourth-order valence-electron chi connectivity index (χ4n) is 9.69.